The summed E-state index contributed by atoms with van der Waals surface area (Å²) in [4.78, 5) is 24.3. The summed E-state index contributed by atoms with van der Waals surface area (Å²) in [6.45, 7) is 7.53. The average Bonchev–Trinajstić information content (AvgIpc) is 2.47. The second kappa shape index (κ2) is 4.02. The van der Waals surface area contributed by atoms with Crippen LogP contribution < -0.4 is 0 Å². The van der Waals surface area contributed by atoms with E-state index in [0.717, 1.165) is 5.57 Å². The Morgan fingerprint density at radius 1 is 1.39 bits per heavy atom. The van der Waals surface area contributed by atoms with E-state index in [1.165, 1.54) is 0 Å². The number of ketones is 2. The first-order valence-electron chi connectivity index (χ1n) is 6.71. The molecule has 0 aliphatic heterocycles. The highest BCUT2D eigenvalue weighted by Gasteiger charge is 2.64. The van der Waals surface area contributed by atoms with E-state index in [2.05, 4.69) is 0 Å². The molecule has 0 amide bonds. The van der Waals surface area contributed by atoms with Crippen molar-refractivity contribution in [3.63, 3.8) is 0 Å². The first-order valence-corrected chi connectivity index (χ1v) is 6.71. The van der Waals surface area contributed by atoms with Gasteiger partial charge in [-0.3, -0.25) is 9.59 Å². The molecule has 0 saturated heterocycles. The molecule has 2 aliphatic rings. The molecule has 0 heterocycles. The van der Waals surface area contributed by atoms with Crippen molar-refractivity contribution < 1.29 is 14.7 Å². The Bertz CT molecular complexity index is 435. The molecule has 3 heteroatoms. The number of carbonyl (C=O) groups excluding carboxylic acids is 2. The van der Waals surface area contributed by atoms with E-state index in [0.29, 0.717) is 19.3 Å². The van der Waals surface area contributed by atoms with Crippen molar-refractivity contribution in [2.45, 2.75) is 52.6 Å². The van der Waals surface area contributed by atoms with Crippen LogP contribution in [0, 0.1) is 17.3 Å². The minimum atomic E-state index is -1.35. The summed E-state index contributed by atoms with van der Waals surface area (Å²) < 4.78 is 0. The van der Waals surface area contributed by atoms with Crippen LogP contribution in [0.1, 0.15) is 47.0 Å². The molecule has 1 saturated carbocycles. The standard InChI is InChI=1S/C15H22O3/c1-9(2)15(18)13(17)7-11(4)14(15)6-5-10(3)12(16)8-14/h5,9,11,18H,6-8H2,1-4H3. The van der Waals surface area contributed by atoms with E-state index in [1.54, 1.807) is 0 Å². The Morgan fingerprint density at radius 2 is 2.00 bits per heavy atom. The molecule has 0 bridgehead atoms. The maximum absolute atomic E-state index is 12.2. The van der Waals surface area contributed by atoms with Gasteiger partial charge in [0.15, 0.2) is 11.6 Å². The largest absolute Gasteiger partial charge is 0.381 e. The minimum absolute atomic E-state index is 0.0608. The zero-order valence-electron chi connectivity index (χ0n) is 11.6. The second-order valence-electron chi connectivity index (χ2n) is 6.30. The third-order valence-electron chi connectivity index (χ3n) is 5.14. The number of carbonyl (C=O) groups is 2. The topological polar surface area (TPSA) is 54.4 Å². The molecule has 0 radical (unpaired) electrons. The second-order valence-corrected chi connectivity index (χ2v) is 6.30. The third kappa shape index (κ3) is 1.46. The molecule has 3 unspecified atom stereocenters. The molecule has 2 aliphatic carbocycles. The fourth-order valence-electron chi connectivity index (χ4n) is 3.79. The number of hydrogen-bond donors (Lipinski definition) is 1. The van der Waals surface area contributed by atoms with Gasteiger partial charge in [0, 0.05) is 18.3 Å². The van der Waals surface area contributed by atoms with Crippen LogP contribution in [0.15, 0.2) is 11.6 Å². The zero-order chi connectivity index (χ0) is 13.7. The highest BCUT2D eigenvalue weighted by molar-refractivity contribution is 5.99. The van der Waals surface area contributed by atoms with E-state index in [1.807, 2.05) is 33.8 Å². The van der Waals surface area contributed by atoms with Crippen LogP contribution in [0.5, 0.6) is 0 Å². The van der Waals surface area contributed by atoms with Gasteiger partial charge in [0.1, 0.15) is 5.60 Å². The van der Waals surface area contributed by atoms with Crippen LogP contribution in [0.25, 0.3) is 0 Å². The predicted molar refractivity (Wildman–Crippen MR) is 69.0 cm³/mol. The van der Waals surface area contributed by atoms with E-state index >= 15 is 0 Å². The first kappa shape index (κ1) is 13.5. The molecule has 100 valence electrons. The molecule has 0 aromatic rings. The summed E-state index contributed by atoms with van der Waals surface area (Å²) in [5.74, 6) is -0.118. The lowest BCUT2D eigenvalue weighted by atomic mass is 9.58. The quantitative estimate of drug-likeness (QED) is 0.776. The SMILES string of the molecule is CC1=CCC2(CC1=O)C(C)CC(=O)C2(O)C(C)C. The van der Waals surface area contributed by atoms with Gasteiger partial charge in [-0.25, -0.2) is 0 Å². The molecular weight excluding hydrogens is 228 g/mol. The van der Waals surface area contributed by atoms with Gasteiger partial charge in [-0.15, -0.1) is 0 Å². The number of Topliss-reactive ketones (excluding diaryl/α,β-unsaturated/α-hetero) is 2. The van der Waals surface area contributed by atoms with Gasteiger partial charge in [-0.2, -0.15) is 0 Å². The van der Waals surface area contributed by atoms with Gasteiger partial charge >= 0.3 is 0 Å². The van der Waals surface area contributed by atoms with E-state index < -0.39 is 11.0 Å². The highest BCUT2D eigenvalue weighted by atomic mass is 16.3. The van der Waals surface area contributed by atoms with Gasteiger partial charge in [0.05, 0.1) is 0 Å². The summed E-state index contributed by atoms with van der Waals surface area (Å²) in [6.07, 6.45) is 3.21. The van der Waals surface area contributed by atoms with Gasteiger partial charge < -0.3 is 5.11 Å². The smallest absolute Gasteiger partial charge is 0.165 e. The summed E-state index contributed by atoms with van der Waals surface area (Å²) in [5, 5.41) is 11.0. The molecule has 0 aromatic heterocycles. The maximum atomic E-state index is 12.2. The normalized spacial score (nSPS) is 40.8. The fraction of sp³-hybridized carbons (Fsp3) is 0.733. The average molecular weight is 250 g/mol. The van der Waals surface area contributed by atoms with Gasteiger partial charge in [0.2, 0.25) is 0 Å². The van der Waals surface area contributed by atoms with Crippen molar-refractivity contribution in [1.82, 2.24) is 0 Å². The number of aliphatic hydroxyl groups is 1. The number of rotatable bonds is 1. The maximum Gasteiger partial charge on any atom is 0.165 e. The molecule has 1 spiro atoms. The molecule has 3 nitrogen and oxygen atoms in total. The Kier molecular flexibility index (Phi) is 3.01. The monoisotopic (exact) mass is 250 g/mol. The van der Waals surface area contributed by atoms with E-state index in [-0.39, 0.29) is 23.4 Å². The van der Waals surface area contributed by atoms with Crippen LogP contribution >= 0.6 is 0 Å². The van der Waals surface area contributed by atoms with Crippen molar-refractivity contribution in [1.29, 1.82) is 0 Å². The lowest BCUT2D eigenvalue weighted by Gasteiger charge is -2.47. The van der Waals surface area contributed by atoms with Crippen molar-refractivity contribution in [3.05, 3.63) is 11.6 Å². The number of hydrogen-bond acceptors (Lipinski definition) is 3. The van der Waals surface area contributed by atoms with Crippen molar-refractivity contribution in [2.24, 2.45) is 17.3 Å². The Morgan fingerprint density at radius 3 is 2.50 bits per heavy atom. The van der Waals surface area contributed by atoms with E-state index in [4.69, 9.17) is 0 Å². The Labute approximate surface area is 108 Å². The number of allylic oxidation sites excluding steroid dienone is 2. The summed E-state index contributed by atoms with van der Waals surface area (Å²) in [5.41, 5.74) is -1.17. The van der Waals surface area contributed by atoms with Gasteiger partial charge in [0.25, 0.3) is 0 Å². The molecule has 0 aromatic carbocycles. The van der Waals surface area contributed by atoms with Crippen molar-refractivity contribution in [2.75, 3.05) is 0 Å². The molecule has 18 heavy (non-hydrogen) atoms. The lowest BCUT2D eigenvalue weighted by Crippen LogP contribution is -2.55. The van der Waals surface area contributed by atoms with Gasteiger partial charge in [-0.1, -0.05) is 26.8 Å². The van der Waals surface area contributed by atoms with Crippen LogP contribution in [-0.2, 0) is 9.59 Å². The molecule has 3 atom stereocenters. The minimum Gasteiger partial charge on any atom is -0.381 e. The first-order chi connectivity index (χ1) is 8.25. The molecular formula is C15H22O3. The van der Waals surface area contributed by atoms with Crippen molar-refractivity contribution in [3.8, 4) is 0 Å². The van der Waals surface area contributed by atoms with Crippen LogP contribution in [0.3, 0.4) is 0 Å². The van der Waals surface area contributed by atoms with Gasteiger partial charge in [-0.05, 0) is 30.8 Å². The van der Waals surface area contributed by atoms with Crippen LogP contribution in [0.4, 0.5) is 0 Å². The molecule has 1 N–H and O–H groups in total. The van der Waals surface area contributed by atoms with E-state index in [9.17, 15) is 14.7 Å². The zero-order valence-corrected chi connectivity index (χ0v) is 11.6. The molecule has 1 fully saturated rings. The Hall–Kier alpha value is -0.960. The van der Waals surface area contributed by atoms with Crippen molar-refractivity contribution >= 4 is 11.6 Å². The summed E-state index contributed by atoms with van der Waals surface area (Å²) >= 11 is 0. The lowest BCUT2D eigenvalue weighted by molar-refractivity contribution is -0.158. The highest BCUT2D eigenvalue weighted by Crippen LogP contribution is 2.57. The predicted octanol–water partition coefficient (Wildman–Crippen LogP) is 2.28. The molecule has 2 rings (SSSR count). The Balaban J connectivity index is 2.53. The van der Waals surface area contributed by atoms with Crippen LogP contribution in [-0.4, -0.2) is 22.3 Å². The third-order valence-corrected chi connectivity index (χ3v) is 5.14. The van der Waals surface area contributed by atoms with Crippen LogP contribution in [0.2, 0.25) is 0 Å². The summed E-state index contributed by atoms with van der Waals surface area (Å²) in [6, 6.07) is 0. The fourth-order valence-corrected chi connectivity index (χ4v) is 3.79. The summed E-state index contributed by atoms with van der Waals surface area (Å²) in [7, 11) is 0.